The largest absolute Gasteiger partial charge is 0.0880 e. The zero-order valence-corrected chi connectivity index (χ0v) is 7.39. The molecule has 0 saturated heterocycles. The summed E-state index contributed by atoms with van der Waals surface area (Å²) in [7, 11) is 3.64. The lowest BCUT2D eigenvalue weighted by Crippen LogP contribution is -2.05. The van der Waals surface area contributed by atoms with Gasteiger partial charge in [0.1, 0.15) is 0 Å². The minimum absolute atomic E-state index is 0.0985. The molecule has 1 radical (unpaired) electrons. The molecular weight excluding hydrogens is 139 g/mol. The summed E-state index contributed by atoms with van der Waals surface area (Å²) < 4.78 is 0. The summed E-state index contributed by atoms with van der Waals surface area (Å²) in [6, 6.07) is 10.4. The Morgan fingerprint density at radius 1 is 1.10 bits per heavy atom. The van der Waals surface area contributed by atoms with E-state index in [4.69, 9.17) is 0 Å². The summed E-state index contributed by atoms with van der Waals surface area (Å²) in [5, 5.41) is 0.0985. The van der Waals surface area contributed by atoms with Crippen LogP contribution >= 0.6 is 9.24 Å². The van der Waals surface area contributed by atoms with Gasteiger partial charge in [-0.15, -0.1) is 0 Å². The Balaban J connectivity index is 2.97. The van der Waals surface area contributed by atoms with Crippen LogP contribution in [0.4, 0.5) is 0 Å². The first-order valence-electron chi connectivity index (χ1n) is 3.41. The Morgan fingerprint density at radius 3 is 1.90 bits per heavy atom. The second-order valence-corrected chi connectivity index (χ2v) is 4.24. The van der Waals surface area contributed by atoms with Crippen LogP contribution in [-0.4, -0.2) is 0 Å². The van der Waals surface area contributed by atoms with E-state index in [9.17, 15) is 0 Å². The molecule has 0 aromatic heterocycles. The molecule has 0 heterocycles. The summed E-state index contributed by atoms with van der Waals surface area (Å²) in [5.74, 6) is 0. The fourth-order valence-electron chi connectivity index (χ4n) is 0.855. The van der Waals surface area contributed by atoms with E-state index < -0.39 is 0 Å². The van der Waals surface area contributed by atoms with E-state index >= 15 is 0 Å². The minimum atomic E-state index is 0.0985. The molecule has 0 saturated carbocycles. The summed E-state index contributed by atoms with van der Waals surface area (Å²) >= 11 is 0. The molecule has 0 aliphatic rings. The van der Waals surface area contributed by atoms with Gasteiger partial charge in [0.05, 0.1) is 0 Å². The Kier molecular flexibility index (Phi) is 2.11. The molecule has 53 valence electrons. The second kappa shape index (κ2) is 2.72. The van der Waals surface area contributed by atoms with Crippen LogP contribution in [-0.2, 0) is 5.16 Å². The summed E-state index contributed by atoms with van der Waals surface area (Å²) in [5.41, 5.74) is 1.31. The standard InChI is InChI=1S/C9H12P/c1-9(2,10)8-6-4-3-5-7-8/h3-7,10H,1-2H3. The van der Waals surface area contributed by atoms with Gasteiger partial charge in [-0.25, -0.2) is 0 Å². The van der Waals surface area contributed by atoms with Crippen molar-refractivity contribution in [1.29, 1.82) is 0 Å². The van der Waals surface area contributed by atoms with Gasteiger partial charge >= 0.3 is 0 Å². The smallest absolute Gasteiger partial charge is 0.0107 e. The number of hydrogen-bond acceptors (Lipinski definition) is 0. The third-order valence-electron chi connectivity index (χ3n) is 1.50. The van der Waals surface area contributed by atoms with E-state index in [0.717, 1.165) is 0 Å². The highest BCUT2D eigenvalue weighted by atomic mass is 31.0. The normalized spacial score (nSPS) is 11.5. The molecule has 0 fully saturated rings. The minimum Gasteiger partial charge on any atom is -0.0880 e. The van der Waals surface area contributed by atoms with Gasteiger partial charge in [-0.2, -0.15) is 0 Å². The first kappa shape index (κ1) is 7.75. The molecule has 0 atom stereocenters. The number of benzene rings is 1. The van der Waals surface area contributed by atoms with Gasteiger partial charge in [0.25, 0.3) is 0 Å². The molecule has 1 aromatic carbocycles. The van der Waals surface area contributed by atoms with Gasteiger partial charge in [-0.3, -0.25) is 0 Å². The quantitative estimate of drug-likeness (QED) is 0.541. The number of hydrogen-bond donors (Lipinski definition) is 0. The highest BCUT2D eigenvalue weighted by Gasteiger charge is 2.12. The van der Waals surface area contributed by atoms with Gasteiger partial charge in [0, 0.05) is 5.16 Å². The Bertz CT molecular complexity index is 196. The van der Waals surface area contributed by atoms with Gasteiger partial charge in [0.15, 0.2) is 0 Å². The van der Waals surface area contributed by atoms with Crippen LogP contribution in [0.5, 0.6) is 0 Å². The first-order valence-corrected chi connectivity index (χ1v) is 3.91. The van der Waals surface area contributed by atoms with E-state index in [2.05, 4.69) is 47.4 Å². The van der Waals surface area contributed by atoms with Crippen molar-refractivity contribution in [3.05, 3.63) is 35.9 Å². The van der Waals surface area contributed by atoms with E-state index in [0.29, 0.717) is 0 Å². The predicted molar refractivity (Wildman–Crippen MR) is 47.8 cm³/mol. The predicted octanol–water partition coefficient (Wildman–Crippen LogP) is 3.06. The molecule has 0 aliphatic carbocycles. The van der Waals surface area contributed by atoms with E-state index in [1.165, 1.54) is 5.56 Å². The van der Waals surface area contributed by atoms with Crippen LogP contribution in [0.15, 0.2) is 30.3 Å². The van der Waals surface area contributed by atoms with E-state index in [1.54, 1.807) is 0 Å². The molecule has 0 unspecified atom stereocenters. The lowest BCUT2D eigenvalue weighted by Gasteiger charge is -2.17. The highest BCUT2D eigenvalue weighted by Crippen LogP contribution is 2.29. The third kappa shape index (κ3) is 1.82. The third-order valence-corrected chi connectivity index (χ3v) is 1.78. The summed E-state index contributed by atoms with van der Waals surface area (Å²) in [6.45, 7) is 4.28. The fraction of sp³-hybridized carbons (Fsp3) is 0.333. The molecule has 0 bridgehead atoms. The van der Waals surface area contributed by atoms with Gasteiger partial charge in [0.2, 0.25) is 0 Å². The van der Waals surface area contributed by atoms with Crippen molar-refractivity contribution in [3.8, 4) is 0 Å². The molecule has 1 rings (SSSR count). The highest BCUT2D eigenvalue weighted by molar-refractivity contribution is 7.18. The second-order valence-electron chi connectivity index (χ2n) is 2.99. The molecule has 0 aliphatic heterocycles. The monoisotopic (exact) mass is 151 g/mol. The lowest BCUT2D eigenvalue weighted by atomic mass is 10.0. The van der Waals surface area contributed by atoms with Gasteiger partial charge in [-0.05, 0) is 5.56 Å². The number of rotatable bonds is 1. The van der Waals surface area contributed by atoms with Crippen LogP contribution in [0.3, 0.4) is 0 Å². The zero-order valence-electron chi connectivity index (χ0n) is 6.39. The first-order chi connectivity index (χ1) is 4.61. The van der Waals surface area contributed by atoms with Crippen LogP contribution in [0.2, 0.25) is 0 Å². The van der Waals surface area contributed by atoms with Crippen molar-refractivity contribution < 1.29 is 0 Å². The maximum atomic E-state index is 3.64. The van der Waals surface area contributed by atoms with Crippen molar-refractivity contribution in [2.24, 2.45) is 0 Å². The Hall–Kier alpha value is -0.350. The Labute approximate surface area is 64.9 Å². The van der Waals surface area contributed by atoms with Crippen LogP contribution in [0, 0.1) is 0 Å². The topological polar surface area (TPSA) is 0 Å². The van der Waals surface area contributed by atoms with E-state index in [-0.39, 0.29) is 5.16 Å². The molecular formula is C9H12P. The fourth-order valence-corrected chi connectivity index (χ4v) is 1.02. The lowest BCUT2D eigenvalue weighted by molar-refractivity contribution is 0.783. The molecule has 1 heteroatoms. The SMILES string of the molecule is CC(C)([PH])c1ccccc1. The maximum absolute atomic E-state index is 3.64. The maximum Gasteiger partial charge on any atom is 0.0107 e. The molecule has 10 heavy (non-hydrogen) atoms. The van der Waals surface area contributed by atoms with Crippen molar-refractivity contribution in [2.45, 2.75) is 19.0 Å². The summed E-state index contributed by atoms with van der Waals surface area (Å²) in [6.07, 6.45) is 0. The van der Waals surface area contributed by atoms with E-state index in [1.807, 2.05) is 6.07 Å². The average molecular weight is 151 g/mol. The van der Waals surface area contributed by atoms with Crippen LogP contribution in [0.25, 0.3) is 0 Å². The molecule has 0 nitrogen and oxygen atoms in total. The molecule has 0 N–H and O–H groups in total. The van der Waals surface area contributed by atoms with Crippen molar-refractivity contribution in [1.82, 2.24) is 0 Å². The van der Waals surface area contributed by atoms with Crippen LogP contribution in [0.1, 0.15) is 19.4 Å². The van der Waals surface area contributed by atoms with Gasteiger partial charge in [-0.1, -0.05) is 53.4 Å². The van der Waals surface area contributed by atoms with Crippen molar-refractivity contribution >= 4 is 9.24 Å². The molecule has 1 aromatic rings. The zero-order chi connectivity index (χ0) is 7.61. The molecule has 0 spiro atoms. The average Bonchev–Trinajstić information content (AvgIpc) is 1.88. The van der Waals surface area contributed by atoms with Crippen molar-refractivity contribution in [3.63, 3.8) is 0 Å². The van der Waals surface area contributed by atoms with Crippen molar-refractivity contribution in [2.75, 3.05) is 0 Å². The molecule has 0 amide bonds. The Morgan fingerprint density at radius 2 is 1.60 bits per heavy atom. The van der Waals surface area contributed by atoms with Gasteiger partial charge < -0.3 is 0 Å². The summed E-state index contributed by atoms with van der Waals surface area (Å²) in [4.78, 5) is 0. The van der Waals surface area contributed by atoms with Crippen LogP contribution < -0.4 is 0 Å².